The van der Waals surface area contributed by atoms with Crippen molar-refractivity contribution in [1.82, 2.24) is 0 Å². The average molecular weight is 412 g/mol. The summed E-state index contributed by atoms with van der Waals surface area (Å²) in [5.74, 6) is -12.9. The summed E-state index contributed by atoms with van der Waals surface area (Å²) in [5, 5.41) is 9.78. The summed E-state index contributed by atoms with van der Waals surface area (Å²) in [4.78, 5) is 0. The van der Waals surface area contributed by atoms with Crippen molar-refractivity contribution in [2.75, 3.05) is 0 Å². The van der Waals surface area contributed by atoms with Crippen LogP contribution in [0.2, 0.25) is 0 Å². The van der Waals surface area contributed by atoms with Crippen LogP contribution in [0, 0.1) is 16.7 Å². The Balaban J connectivity index is 3.76. The first kappa shape index (κ1) is 24.4. The quantitative estimate of drug-likeness (QED) is 0.491. The Morgan fingerprint density at radius 1 is 0.889 bits per heavy atom. The lowest BCUT2D eigenvalue weighted by Gasteiger charge is -2.47. The predicted octanol–water partition coefficient (Wildman–Crippen LogP) is 6.54. The number of aliphatic hydroxyl groups is 1. The molecule has 0 amide bonds. The summed E-state index contributed by atoms with van der Waals surface area (Å²) >= 11 is 0. The van der Waals surface area contributed by atoms with E-state index >= 15 is 13.2 Å². The Morgan fingerprint density at radius 2 is 1.33 bits per heavy atom. The smallest absolute Gasteiger partial charge is 0.376 e. The second-order valence-electron chi connectivity index (χ2n) is 9.08. The van der Waals surface area contributed by atoms with Gasteiger partial charge in [0.05, 0.1) is 0 Å². The number of halogens is 8. The molecule has 0 bridgehead atoms. The first-order valence-electron chi connectivity index (χ1n) is 8.92. The van der Waals surface area contributed by atoms with Gasteiger partial charge in [-0.2, -0.15) is 22.0 Å². The first-order chi connectivity index (χ1) is 11.7. The number of hydrogen-bond acceptors (Lipinski definition) is 1. The van der Waals surface area contributed by atoms with Crippen molar-refractivity contribution >= 4 is 0 Å². The van der Waals surface area contributed by atoms with E-state index in [9.17, 15) is 27.1 Å². The molecule has 27 heavy (non-hydrogen) atoms. The molecule has 1 N–H and O–H groups in total. The van der Waals surface area contributed by atoms with Gasteiger partial charge in [0.15, 0.2) is 0 Å². The summed E-state index contributed by atoms with van der Waals surface area (Å²) in [5.41, 5.74) is -13.0. The number of hydrogen-bond donors (Lipinski definition) is 1. The molecule has 0 saturated heterocycles. The topological polar surface area (TPSA) is 20.2 Å². The summed E-state index contributed by atoms with van der Waals surface area (Å²) < 4.78 is 115. The molecule has 0 aliphatic heterocycles. The highest BCUT2D eigenvalue weighted by molar-refractivity contribution is 5.26. The van der Waals surface area contributed by atoms with Crippen LogP contribution in [-0.4, -0.2) is 34.4 Å². The Kier molecular flexibility index (Phi) is 5.84. The van der Waals surface area contributed by atoms with Crippen LogP contribution in [0.5, 0.6) is 0 Å². The van der Waals surface area contributed by atoms with Crippen molar-refractivity contribution in [2.24, 2.45) is 16.7 Å². The van der Waals surface area contributed by atoms with Crippen LogP contribution in [0.1, 0.15) is 67.2 Å². The van der Waals surface area contributed by atoms with E-state index in [2.05, 4.69) is 0 Å². The lowest BCUT2D eigenvalue weighted by molar-refractivity contribution is -0.365. The van der Waals surface area contributed by atoms with Gasteiger partial charge in [0.2, 0.25) is 11.3 Å². The van der Waals surface area contributed by atoms with Gasteiger partial charge in [-0.1, -0.05) is 48.0 Å². The Labute approximate surface area is 154 Å². The fourth-order valence-electron chi connectivity index (χ4n) is 3.67. The van der Waals surface area contributed by atoms with E-state index in [0.29, 0.717) is 0 Å². The molecule has 3 unspecified atom stereocenters. The van der Waals surface area contributed by atoms with Crippen molar-refractivity contribution in [1.29, 1.82) is 0 Å². The predicted molar refractivity (Wildman–Crippen MR) is 85.6 cm³/mol. The Bertz CT molecular complexity index is 554. The first-order valence-corrected chi connectivity index (χ1v) is 8.92. The highest BCUT2D eigenvalue weighted by atomic mass is 19.4. The lowest BCUT2D eigenvalue weighted by Crippen LogP contribution is -2.69. The molecule has 1 nitrogen and oxygen atoms in total. The fourth-order valence-corrected chi connectivity index (χ4v) is 3.67. The minimum absolute atomic E-state index is 0.248. The van der Waals surface area contributed by atoms with Gasteiger partial charge in [0.25, 0.3) is 5.92 Å². The summed E-state index contributed by atoms with van der Waals surface area (Å²) in [6.07, 6.45) is -8.64. The van der Waals surface area contributed by atoms with Gasteiger partial charge in [-0.05, 0) is 24.7 Å². The van der Waals surface area contributed by atoms with Crippen LogP contribution in [-0.2, 0) is 0 Å². The third kappa shape index (κ3) is 3.15. The van der Waals surface area contributed by atoms with Crippen LogP contribution in [0.25, 0.3) is 0 Å². The number of rotatable bonds is 6. The molecule has 1 aliphatic rings. The Morgan fingerprint density at radius 3 is 1.67 bits per heavy atom. The molecule has 1 rings (SSSR count). The van der Waals surface area contributed by atoms with Crippen LogP contribution < -0.4 is 0 Å². The molecule has 9 heteroatoms. The van der Waals surface area contributed by atoms with Gasteiger partial charge in [-0.15, -0.1) is 0 Å². The molecule has 1 saturated carbocycles. The molecular formula is C18H28F8O. The molecule has 3 atom stereocenters. The number of alkyl halides is 8. The minimum Gasteiger partial charge on any atom is -0.376 e. The highest BCUT2D eigenvalue weighted by Gasteiger charge is 2.90. The maximum Gasteiger partial charge on any atom is 0.423 e. The van der Waals surface area contributed by atoms with E-state index in [1.54, 1.807) is 6.92 Å². The zero-order valence-electron chi connectivity index (χ0n) is 16.4. The molecular weight excluding hydrogens is 384 g/mol. The second-order valence-corrected chi connectivity index (χ2v) is 9.08. The second kappa shape index (κ2) is 6.46. The largest absolute Gasteiger partial charge is 0.423 e. The zero-order chi connectivity index (χ0) is 21.9. The van der Waals surface area contributed by atoms with Gasteiger partial charge in [0, 0.05) is 11.3 Å². The normalized spacial score (nSPS) is 32.8. The summed E-state index contributed by atoms with van der Waals surface area (Å²) in [6, 6.07) is 0. The third-order valence-electron chi connectivity index (χ3n) is 6.50. The molecule has 0 aromatic heterocycles. The van der Waals surface area contributed by atoms with Crippen LogP contribution >= 0.6 is 0 Å². The molecule has 162 valence electrons. The molecule has 0 radical (unpaired) electrons. The SMILES string of the molecule is CCC(C)(C)CC1CC(O)(C(F)(F)F)C(F)(F)C1(F)C(F)(F)C(C)(C)CC. The van der Waals surface area contributed by atoms with E-state index in [-0.39, 0.29) is 6.42 Å². The van der Waals surface area contributed by atoms with Crippen LogP contribution in [0.3, 0.4) is 0 Å². The molecule has 0 aromatic carbocycles. The van der Waals surface area contributed by atoms with E-state index < -0.39 is 65.3 Å². The molecule has 1 aliphatic carbocycles. The average Bonchev–Trinajstić information content (AvgIpc) is 2.65. The molecule has 0 heterocycles. The van der Waals surface area contributed by atoms with E-state index in [1.807, 2.05) is 0 Å². The van der Waals surface area contributed by atoms with Crippen molar-refractivity contribution < 1.29 is 40.2 Å². The molecule has 0 aromatic rings. The maximum atomic E-state index is 15.7. The lowest BCUT2D eigenvalue weighted by atomic mass is 9.66. The van der Waals surface area contributed by atoms with Gasteiger partial charge in [-0.25, -0.2) is 13.2 Å². The minimum atomic E-state index is -5.97. The zero-order valence-corrected chi connectivity index (χ0v) is 16.4. The van der Waals surface area contributed by atoms with Gasteiger partial charge in [0.1, 0.15) is 0 Å². The maximum absolute atomic E-state index is 15.7. The van der Waals surface area contributed by atoms with E-state index in [1.165, 1.54) is 20.8 Å². The van der Waals surface area contributed by atoms with Gasteiger partial charge < -0.3 is 5.11 Å². The standard InChI is InChI=1S/C18H28F8O/c1-7-12(3,4)9-11-10-14(27,18(24,25)26)17(22,23)15(11,19)16(20,21)13(5,6)8-2/h11,27H,7-10H2,1-6H3. The van der Waals surface area contributed by atoms with Crippen LogP contribution in [0.4, 0.5) is 35.1 Å². The monoisotopic (exact) mass is 412 g/mol. The summed E-state index contributed by atoms with van der Waals surface area (Å²) in [7, 11) is 0. The summed E-state index contributed by atoms with van der Waals surface area (Å²) in [6.45, 7) is 7.41. The molecule has 0 spiro atoms. The van der Waals surface area contributed by atoms with Crippen molar-refractivity contribution in [3.05, 3.63) is 0 Å². The van der Waals surface area contributed by atoms with Crippen molar-refractivity contribution in [3.8, 4) is 0 Å². The van der Waals surface area contributed by atoms with Gasteiger partial charge >= 0.3 is 12.1 Å². The molecule has 1 fully saturated rings. The third-order valence-corrected chi connectivity index (χ3v) is 6.50. The fraction of sp³-hybridized carbons (Fsp3) is 1.00. The Hall–Kier alpha value is -0.600. The van der Waals surface area contributed by atoms with E-state index in [4.69, 9.17) is 0 Å². The van der Waals surface area contributed by atoms with E-state index in [0.717, 1.165) is 13.8 Å². The highest BCUT2D eigenvalue weighted by Crippen LogP contribution is 2.69. The van der Waals surface area contributed by atoms with Crippen molar-refractivity contribution in [3.63, 3.8) is 0 Å². The van der Waals surface area contributed by atoms with Crippen molar-refractivity contribution in [2.45, 2.75) is 96.5 Å². The van der Waals surface area contributed by atoms with Crippen LogP contribution in [0.15, 0.2) is 0 Å². The van der Waals surface area contributed by atoms with Gasteiger partial charge in [-0.3, -0.25) is 0 Å².